The van der Waals surface area contributed by atoms with Crippen LogP contribution in [0.2, 0.25) is 0 Å². The van der Waals surface area contributed by atoms with E-state index < -0.39 is 0 Å². The monoisotopic (exact) mass is 266 g/mol. The molecular weight excluding hydrogens is 240 g/mol. The molecule has 4 heteroatoms. The average Bonchev–Trinajstić information content (AvgIpc) is 2.39. The number of rotatable bonds is 8. The number of benzene rings is 1. The second-order valence-corrected chi connectivity index (χ2v) is 4.91. The molecule has 2 N–H and O–H groups in total. The SMILES string of the molecule is COCCCN(C)C(c1cccc(OC)c1)C(C)N. The maximum absolute atomic E-state index is 6.15. The molecular formula is C15H26N2O2. The van der Waals surface area contributed by atoms with Crippen LogP contribution in [0, 0.1) is 0 Å². The lowest BCUT2D eigenvalue weighted by atomic mass is 9.99. The van der Waals surface area contributed by atoms with E-state index in [0.29, 0.717) is 0 Å². The second kappa shape index (κ2) is 8.15. The van der Waals surface area contributed by atoms with Crippen molar-refractivity contribution in [3.63, 3.8) is 0 Å². The molecule has 0 saturated carbocycles. The smallest absolute Gasteiger partial charge is 0.119 e. The predicted molar refractivity (Wildman–Crippen MR) is 78.5 cm³/mol. The summed E-state index contributed by atoms with van der Waals surface area (Å²) in [5.41, 5.74) is 7.34. The molecule has 0 fully saturated rings. The summed E-state index contributed by atoms with van der Waals surface area (Å²) >= 11 is 0. The first-order valence-electron chi connectivity index (χ1n) is 6.68. The summed E-state index contributed by atoms with van der Waals surface area (Å²) in [6, 6.07) is 8.36. The Labute approximate surface area is 116 Å². The van der Waals surface area contributed by atoms with Gasteiger partial charge in [0.2, 0.25) is 0 Å². The number of hydrogen-bond acceptors (Lipinski definition) is 4. The zero-order chi connectivity index (χ0) is 14.3. The fraction of sp³-hybridized carbons (Fsp3) is 0.600. The van der Waals surface area contributed by atoms with E-state index in [4.69, 9.17) is 15.2 Å². The van der Waals surface area contributed by atoms with Crippen molar-refractivity contribution in [2.75, 3.05) is 34.4 Å². The van der Waals surface area contributed by atoms with E-state index in [1.807, 2.05) is 19.1 Å². The molecule has 0 aliphatic heterocycles. The minimum absolute atomic E-state index is 0.0552. The highest BCUT2D eigenvalue weighted by molar-refractivity contribution is 5.31. The summed E-state index contributed by atoms with van der Waals surface area (Å²) < 4.78 is 10.4. The van der Waals surface area contributed by atoms with E-state index in [-0.39, 0.29) is 12.1 Å². The van der Waals surface area contributed by atoms with E-state index in [1.54, 1.807) is 14.2 Å². The van der Waals surface area contributed by atoms with Crippen LogP contribution in [0.25, 0.3) is 0 Å². The molecule has 0 bridgehead atoms. The lowest BCUT2D eigenvalue weighted by Crippen LogP contribution is -2.38. The zero-order valence-corrected chi connectivity index (χ0v) is 12.4. The third-order valence-electron chi connectivity index (χ3n) is 3.27. The number of nitrogens with zero attached hydrogens (tertiary/aromatic N) is 1. The molecule has 0 aliphatic rings. The van der Waals surface area contributed by atoms with Crippen LogP contribution in [-0.4, -0.2) is 45.4 Å². The van der Waals surface area contributed by atoms with Crippen LogP contribution in [0.15, 0.2) is 24.3 Å². The van der Waals surface area contributed by atoms with E-state index in [2.05, 4.69) is 24.1 Å². The maximum atomic E-state index is 6.15. The molecule has 4 nitrogen and oxygen atoms in total. The Morgan fingerprint density at radius 2 is 2.05 bits per heavy atom. The minimum atomic E-state index is 0.0552. The van der Waals surface area contributed by atoms with Crippen molar-refractivity contribution in [3.8, 4) is 5.75 Å². The van der Waals surface area contributed by atoms with Crippen molar-refractivity contribution >= 4 is 0 Å². The van der Waals surface area contributed by atoms with Gasteiger partial charge in [-0.15, -0.1) is 0 Å². The van der Waals surface area contributed by atoms with Gasteiger partial charge in [-0.2, -0.15) is 0 Å². The molecule has 0 spiro atoms. The van der Waals surface area contributed by atoms with Crippen molar-refractivity contribution < 1.29 is 9.47 Å². The van der Waals surface area contributed by atoms with Gasteiger partial charge in [0.05, 0.1) is 7.11 Å². The molecule has 0 aliphatic carbocycles. The molecule has 0 heterocycles. The molecule has 0 radical (unpaired) electrons. The summed E-state index contributed by atoms with van der Waals surface area (Å²) in [5.74, 6) is 0.869. The van der Waals surface area contributed by atoms with Gasteiger partial charge < -0.3 is 15.2 Å². The summed E-state index contributed by atoms with van der Waals surface area (Å²) in [6.45, 7) is 3.77. The van der Waals surface area contributed by atoms with Gasteiger partial charge in [0.1, 0.15) is 5.75 Å². The highest BCUT2D eigenvalue weighted by Gasteiger charge is 2.21. The topological polar surface area (TPSA) is 47.7 Å². The maximum Gasteiger partial charge on any atom is 0.119 e. The van der Waals surface area contributed by atoms with E-state index >= 15 is 0 Å². The quantitative estimate of drug-likeness (QED) is 0.732. The van der Waals surface area contributed by atoms with Gasteiger partial charge in [0, 0.05) is 32.3 Å². The molecule has 2 atom stereocenters. The normalized spacial score (nSPS) is 14.4. The van der Waals surface area contributed by atoms with Crippen LogP contribution in [0.1, 0.15) is 24.9 Å². The Kier molecular flexibility index (Phi) is 6.84. The number of nitrogens with two attached hydrogens (primary N) is 1. The van der Waals surface area contributed by atoms with Gasteiger partial charge in [-0.25, -0.2) is 0 Å². The number of hydrogen-bond donors (Lipinski definition) is 1. The first-order chi connectivity index (χ1) is 9.10. The Bertz CT molecular complexity index is 369. The molecule has 1 aromatic carbocycles. The zero-order valence-electron chi connectivity index (χ0n) is 12.4. The Hall–Kier alpha value is -1.10. The molecule has 0 saturated heterocycles. The van der Waals surface area contributed by atoms with Crippen LogP contribution >= 0.6 is 0 Å². The summed E-state index contributed by atoms with van der Waals surface area (Å²) in [7, 11) is 5.51. The van der Waals surface area contributed by atoms with Gasteiger partial charge >= 0.3 is 0 Å². The fourth-order valence-electron chi connectivity index (χ4n) is 2.38. The molecule has 0 aromatic heterocycles. The molecule has 0 amide bonds. The van der Waals surface area contributed by atoms with Crippen molar-refractivity contribution in [3.05, 3.63) is 29.8 Å². The Morgan fingerprint density at radius 3 is 2.63 bits per heavy atom. The van der Waals surface area contributed by atoms with E-state index in [1.165, 1.54) is 5.56 Å². The lowest BCUT2D eigenvalue weighted by molar-refractivity contribution is 0.158. The highest BCUT2D eigenvalue weighted by atomic mass is 16.5. The summed E-state index contributed by atoms with van der Waals surface area (Å²) in [4.78, 5) is 2.28. The first-order valence-corrected chi connectivity index (χ1v) is 6.68. The second-order valence-electron chi connectivity index (χ2n) is 4.91. The Balaban J connectivity index is 2.80. The van der Waals surface area contributed by atoms with Crippen LogP contribution in [0.5, 0.6) is 5.75 Å². The standard InChI is InChI=1S/C15H26N2O2/c1-12(16)15(17(2)9-6-10-18-3)13-7-5-8-14(11-13)19-4/h5,7-8,11-12,15H,6,9-10,16H2,1-4H3. The molecule has 1 rings (SSSR count). The van der Waals surface area contributed by atoms with Crippen LogP contribution in [0.4, 0.5) is 0 Å². The van der Waals surface area contributed by atoms with Gasteiger partial charge in [-0.05, 0) is 38.1 Å². The highest BCUT2D eigenvalue weighted by Crippen LogP contribution is 2.25. The third kappa shape index (κ3) is 4.82. The minimum Gasteiger partial charge on any atom is -0.497 e. The van der Waals surface area contributed by atoms with Crippen molar-refractivity contribution in [1.29, 1.82) is 0 Å². The van der Waals surface area contributed by atoms with Crippen molar-refractivity contribution in [1.82, 2.24) is 4.90 Å². The number of methoxy groups -OCH3 is 2. The van der Waals surface area contributed by atoms with Crippen molar-refractivity contribution in [2.45, 2.75) is 25.4 Å². The summed E-state index contributed by atoms with van der Waals surface area (Å²) in [5, 5.41) is 0. The number of likely N-dealkylation sites (N-methyl/N-ethyl adjacent to an activating group) is 1. The number of ether oxygens (including phenoxy) is 2. The molecule has 1 aromatic rings. The van der Waals surface area contributed by atoms with E-state index in [9.17, 15) is 0 Å². The average molecular weight is 266 g/mol. The Morgan fingerprint density at radius 1 is 1.32 bits per heavy atom. The van der Waals surface area contributed by atoms with Gasteiger partial charge in [0.15, 0.2) is 0 Å². The fourth-order valence-corrected chi connectivity index (χ4v) is 2.38. The van der Waals surface area contributed by atoms with Crippen molar-refractivity contribution in [2.24, 2.45) is 5.73 Å². The molecule has 2 unspecified atom stereocenters. The van der Waals surface area contributed by atoms with Gasteiger partial charge in [-0.3, -0.25) is 4.90 Å². The summed E-state index contributed by atoms with van der Waals surface area (Å²) in [6.07, 6.45) is 1.00. The van der Waals surface area contributed by atoms with Gasteiger partial charge in [0.25, 0.3) is 0 Å². The van der Waals surface area contributed by atoms with Crippen LogP contribution in [0.3, 0.4) is 0 Å². The van der Waals surface area contributed by atoms with Crippen LogP contribution in [-0.2, 0) is 4.74 Å². The third-order valence-corrected chi connectivity index (χ3v) is 3.27. The predicted octanol–water partition coefficient (Wildman–Crippen LogP) is 2.05. The molecule has 108 valence electrons. The first kappa shape index (κ1) is 16.0. The molecule has 19 heavy (non-hydrogen) atoms. The van der Waals surface area contributed by atoms with E-state index in [0.717, 1.165) is 25.3 Å². The lowest BCUT2D eigenvalue weighted by Gasteiger charge is -2.31. The van der Waals surface area contributed by atoms with Gasteiger partial charge in [-0.1, -0.05) is 12.1 Å². The van der Waals surface area contributed by atoms with Crippen LogP contribution < -0.4 is 10.5 Å². The largest absolute Gasteiger partial charge is 0.497 e.